The van der Waals surface area contributed by atoms with E-state index in [9.17, 15) is 4.79 Å². The lowest BCUT2D eigenvalue weighted by atomic mass is 10.2. The Balaban J connectivity index is 2.23. The molecule has 1 rings (SSSR count). The van der Waals surface area contributed by atoms with Crippen LogP contribution in [0, 0.1) is 6.92 Å². The van der Waals surface area contributed by atoms with Crippen LogP contribution >= 0.6 is 0 Å². The minimum Gasteiger partial charge on any atom is -0.492 e. The van der Waals surface area contributed by atoms with E-state index >= 15 is 0 Å². The Hall–Kier alpha value is -1.59. The molecule has 0 heterocycles. The predicted molar refractivity (Wildman–Crippen MR) is 88.3 cm³/mol. The molecule has 124 valence electrons. The molecule has 5 nitrogen and oxygen atoms in total. The molecule has 0 aliphatic carbocycles. The van der Waals surface area contributed by atoms with Gasteiger partial charge >= 0.3 is 0 Å². The average molecular weight is 308 g/mol. The normalized spacial score (nSPS) is 10.8. The number of carbonyl (C=O) groups is 1. The second-order valence-electron chi connectivity index (χ2n) is 5.56. The lowest BCUT2D eigenvalue weighted by Gasteiger charge is -2.22. The number of amides is 1. The molecule has 0 N–H and O–H groups in total. The third-order valence-electron chi connectivity index (χ3n) is 3.40. The predicted octanol–water partition coefficient (Wildman–Crippen LogP) is 1.80. The Kier molecular flexibility index (Phi) is 8.55. The summed E-state index contributed by atoms with van der Waals surface area (Å²) in [7, 11) is 5.45. The van der Waals surface area contributed by atoms with E-state index < -0.39 is 0 Å². The number of methoxy groups -OCH3 is 1. The first-order valence-electron chi connectivity index (χ1n) is 7.64. The van der Waals surface area contributed by atoms with Gasteiger partial charge < -0.3 is 14.4 Å². The number of benzene rings is 1. The van der Waals surface area contributed by atoms with Crippen LogP contribution in [-0.4, -0.2) is 69.8 Å². The van der Waals surface area contributed by atoms with Gasteiger partial charge in [0.1, 0.15) is 12.4 Å². The van der Waals surface area contributed by atoms with E-state index in [0.29, 0.717) is 19.7 Å². The zero-order valence-electron chi connectivity index (χ0n) is 14.2. The van der Waals surface area contributed by atoms with Crippen LogP contribution in [0.4, 0.5) is 0 Å². The van der Waals surface area contributed by atoms with Gasteiger partial charge in [0.25, 0.3) is 0 Å². The number of nitrogens with zero attached hydrogens (tertiary/aromatic N) is 2. The summed E-state index contributed by atoms with van der Waals surface area (Å²) < 4.78 is 10.7. The van der Waals surface area contributed by atoms with Crippen molar-refractivity contribution in [2.24, 2.45) is 0 Å². The van der Waals surface area contributed by atoms with Gasteiger partial charge in [0.15, 0.2) is 0 Å². The van der Waals surface area contributed by atoms with E-state index in [-0.39, 0.29) is 5.91 Å². The summed E-state index contributed by atoms with van der Waals surface area (Å²) in [4.78, 5) is 15.8. The SMILES string of the molecule is COCCCN(C)CC(=O)N(C)CCOc1cccc(C)c1. The molecule has 0 aromatic heterocycles. The highest BCUT2D eigenvalue weighted by molar-refractivity contribution is 5.77. The van der Waals surface area contributed by atoms with Gasteiger partial charge in [-0.1, -0.05) is 12.1 Å². The molecule has 0 saturated carbocycles. The van der Waals surface area contributed by atoms with Crippen LogP contribution in [0.2, 0.25) is 0 Å². The highest BCUT2D eigenvalue weighted by Gasteiger charge is 2.11. The summed E-state index contributed by atoms with van der Waals surface area (Å²) in [5, 5.41) is 0. The monoisotopic (exact) mass is 308 g/mol. The second-order valence-corrected chi connectivity index (χ2v) is 5.56. The number of hydrogen-bond donors (Lipinski definition) is 0. The highest BCUT2D eigenvalue weighted by atomic mass is 16.5. The fourth-order valence-electron chi connectivity index (χ4n) is 2.04. The quantitative estimate of drug-likeness (QED) is 0.618. The summed E-state index contributed by atoms with van der Waals surface area (Å²) >= 11 is 0. The molecule has 0 aliphatic heterocycles. The Morgan fingerprint density at radius 3 is 2.64 bits per heavy atom. The van der Waals surface area contributed by atoms with E-state index in [1.54, 1.807) is 12.0 Å². The van der Waals surface area contributed by atoms with Crippen LogP contribution in [-0.2, 0) is 9.53 Å². The average Bonchev–Trinajstić information content (AvgIpc) is 2.47. The topological polar surface area (TPSA) is 42.0 Å². The third-order valence-corrected chi connectivity index (χ3v) is 3.40. The van der Waals surface area contributed by atoms with E-state index in [1.165, 1.54) is 5.56 Å². The Labute approximate surface area is 133 Å². The van der Waals surface area contributed by atoms with Crippen LogP contribution in [0.15, 0.2) is 24.3 Å². The van der Waals surface area contributed by atoms with Gasteiger partial charge in [0.2, 0.25) is 5.91 Å². The zero-order valence-corrected chi connectivity index (χ0v) is 14.2. The van der Waals surface area contributed by atoms with Gasteiger partial charge in [-0.25, -0.2) is 0 Å². The molecule has 0 saturated heterocycles. The van der Waals surface area contributed by atoms with Gasteiger partial charge in [-0.3, -0.25) is 9.69 Å². The smallest absolute Gasteiger partial charge is 0.236 e. The molecule has 0 fully saturated rings. The van der Waals surface area contributed by atoms with E-state index in [1.807, 2.05) is 50.2 Å². The zero-order chi connectivity index (χ0) is 16.4. The molecule has 0 unspecified atom stereocenters. The summed E-state index contributed by atoms with van der Waals surface area (Å²) in [5.41, 5.74) is 1.17. The minimum atomic E-state index is 0.104. The van der Waals surface area contributed by atoms with Crippen molar-refractivity contribution < 1.29 is 14.3 Å². The largest absolute Gasteiger partial charge is 0.492 e. The fraction of sp³-hybridized carbons (Fsp3) is 0.588. The highest BCUT2D eigenvalue weighted by Crippen LogP contribution is 2.12. The molecule has 5 heteroatoms. The summed E-state index contributed by atoms with van der Waals surface area (Å²) in [6, 6.07) is 7.92. The first-order chi connectivity index (χ1) is 10.5. The van der Waals surface area contributed by atoms with E-state index in [2.05, 4.69) is 0 Å². The molecule has 0 bridgehead atoms. The maximum absolute atomic E-state index is 12.1. The fourth-order valence-corrected chi connectivity index (χ4v) is 2.04. The molecule has 0 aliphatic rings. The number of likely N-dealkylation sites (N-methyl/N-ethyl adjacent to an activating group) is 2. The Morgan fingerprint density at radius 1 is 1.18 bits per heavy atom. The lowest BCUT2D eigenvalue weighted by Crippen LogP contribution is -2.39. The number of carbonyl (C=O) groups excluding carboxylic acids is 1. The van der Waals surface area contributed by atoms with Crippen LogP contribution in [0.1, 0.15) is 12.0 Å². The van der Waals surface area contributed by atoms with Crippen LogP contribution in [0.3, 0.4) is 0 Å². The molecular formula is C17H28N2O3. The van der Waals surface area contributed by atoms with Gasteiger partial charge in [-0.2, -0.15) is 0 Å². The van der Waals surface area contributed by atoms with Crippen molar-refractivity contribution in [3.63, 3.8) is 0 Å². The van der Waals surface area contributed by atoms with Gasteiger partial charge in [0.05, 0.1) is 13.1 Å². The standard InChI is InChI=1S/C17H28N2O3/c1-15-7-5-8-16(13-15)22-12-10-19(3)17(20)14-18(2)9-6-11-21-4/h5,7-8,13H,6,9-12,14H2,1-4H3. The van der Waals surface area contributed by atoms with Gasteiger partial charge in [-0.15, -0.1) is 0 Å². The first kappa shape index (κ1) is 18.5. The van der Waals surface area contributed by atoms with Crippen molar-refractivity contribution in [3.8, 4) is 5.75 Å². The second kappa shape index (κ2) is 10.2. The van der Waals surface area contributed by atoms with Crippen LogP contribution in [0.5, 0.6) is 5.75 Å². The van der Waals surface area contributed by atoms with Crippen molar-refractivity contribution in [2.45, 2.75) is 13.3 Å². The van der Waals surface area contributed by atoms with Gasteiger partial charge in [-0.05, 0) is 38.1 Å². The summed E-state index contributed by atoms with van der Waals surface area (Å²) in [5.74, 6) is 0.949. The maximum atomic E-state index is 12.1. The van der Waals surface area contributed by atoms with Crippen molar-refractivity contribution >= 4 is 5.91 Å². The van der Waals surface area contributed by atoms with Crippen LogP contribution in [0.25, 0.3) is 0 Å². The molecule has 0 radical (unpaired) electrons. The number of aryl methyl sites for hydroxylation is 1. The van der Waals surface area contributed by atoms with Crippen molar-refractivity contribution in [1.29, 1.82) is 0 Å². The van der Waals surface area contributed by atoms with Crippen molar-refractivity contribution in [1.82, 2.24) is 9.80 Å². The summed E-state index contributed by atoms with van der Waals surface area (Å²) in [6.45, 7) is 5.11. The number of hydrogen-bond acceptors (Lipinski definition) is 4. The maximum Gasteiger partial charge on any atom is 0.236 e. The lowest BCUT2D eigenvalue weighted by molar-refractivity contribution is -0.131. The number of rotatable bonds is 10. The molecule has 0 spiro atoms. The molecule has 22 heavy (non-hydrogen) atoms. The van der Waals surface area contributed by atoms with Crippen LogP contribution < -0.4 is 4.74 Å². The first-order valence-corrected chi connectivity index (χ1v) is 7.64. The molecule has 1 aromatic carbocycles. The Morgan fingerprint density at radius 2 is 1.95 bits per heavy atom. The summed E-state index contributed by atoms with van der Waals surface area (Å²) in [6.07, 6.45) is 0.931. The van der Waals surface area contributed by atoms with E-state index in [4.69, 9.17) is 9.47 Å². The molecule has 0 atom stereocenters. The molecular weight excluding hydrogens is 280 g/mol. The molecule has 1 amide bonds. The minimum absolute atomic E-state index is 0.104. The molecule has 1 aromatic rings. The van der Waals surface area contributed by atoms with Crippen molar-refractivity contribution in [2.75, 3.05) is 54.1 Å². The van der Waals surface area contributed by atoms with Gasteiger partial charge in [0, 0.05) is 27.3 Å². The Bertz CT molecular complexity index is 451. The van der Waals surface area contributed by atoms with E-state index in [0.717, 1.165) is 25.3 Å². The third kappa shape index (κ3) is 7.43. The number of ether oxygens (including phenoxy) is 2. The van der Waals surface area contributed by atoms with Crippen molar-refractivity contribution in [3.05, 3.63) is 29.8 Å².